The number of nitrogens with two attached hydrogens (primary N) is 1. The fourth-order valence-corrected chi connectivity index (χ4v) is 2.79. The normalized spacial score (nSPS) is 23.0. The summed E-state index contributed by atoms with van der Waals surface area (Å²) < 4.78 is 11.7. The summed E-state index contributed by atoms with van der Waals surface area (Å²) in [6.45, 7) is 0.742. The first-order valence-electron chi connectivity index (χ1n) is 5.32. The Kier molecular flexibility index (Phi) is 3.40. The molecule has 3 nitrogen and oxygen atoms in total. The maximum atomic E-state index is 5.68. The standard InChI is InChI=1S/C12H16BrNO2/c1-15-8-4-10(13)12(11(5-8)16-2)9-3-7(9)6-14/h4-5,7,9H,3,6,14H2,1-2H3. The van der Waals surface area contributed by atoms with Gasteiger partial charge in [-0.05, 0) is 30.9 Å². The minimum Gasteiger partial charge on any atom is -0.497 e. The van der Waals surface area contributed by atoms with E-state index in [1.54, 1.807) is 14.2 Å². The van der Waals surface area contributed by atoms with Crippen LogP contribution in [0.2, 0.25) is 0 Å². The van der Waals surface area contributed by atoms with Gasteiger partial charge in [-0.2, -0.15) is 0 Å². The molecule has 1 aliphatic rings. The molecule has 0 spiro atoms. The molecule has 2 unspecified atom stereocenters. The first-order valence-corrected chi connectivity index (χ1v) is 6.12. The highest BCUT2D eigenvalue weighted by Gasteiger charge is 2.40. The number of ether oxygens (including phenoxy) is 2. The highest BCUT2D eigenvalue weighted by atomic mass is 79.9. The van der Waals surface area contributed by atoms with E-state index in [9.17, 15) is 0 Å². The van der Waals surface area contributed by atoms with Crippen LogP contribution in [0.15, 0.2) is 16.6 Å². The quantitative estimate of drug-likeness (QED) is 0.925. The van der Waals surface area contributed by atoms with Gasteiger partial charge < -0.3 is 15.2 Å². The molecule has 0 aromatic heterocycles. The molecule has 1 aliphatic carbocycles. The van der Waals surface area contributed by atoms with Crippen molar-refractivity contribution in [2.45, 2.75) is 12.3 Å². The van der Waals surface area contributed by atoms with Gasteiger partial charge in [-0.15, -0.1) is 0 Å². The Labute approximate surface area is 104 Å². The van der Waals surface area contributed by atoms with E-state index < -0.39 is 0 Å². The van der Waals surface area contributed by atoms with Crippen molar-refractivity contribution in [3.05, 3.63) is 22.2 Å². The van der Waals surface area contributed by atoms with Gasteiger partial charge in [0.2, 0.25) is 0 Å². The van der Waals surface area contributed by atoms with Gasteiger partial charge in [0, 0.05) is 16.1 Å². The van der Waals surface area contributed by atoms with E-state index in [0.29, 0.717) is 11.8 Å². The van der Waals surface area contributed by atoms with Crippen molar-refractivity contribution in [3.63, 3.8) is 0 Å². The summed E-state index contributed by atoms with van der Waals surface area (Å²) in [6.07, 6.45) is 1.15. The Bertz CT molecular complexity index is 395. The number of halogens is 1. The minimum atomic E-state index is 0.528. The third-order valence-electron chi connectivity index (χ3n) is 3.12. The maximum absolute atomic E-state index is 5.68. The highest BCUT2D eigenvalue weighted by molar-refractivity contribution is 9.10. The number of methoxy groups -OCH3 is 2. The van der Waals surface area contributed by atoms with Crippen molar-refractivity contribution in [2.75, 3.05) is 20.8 Å². The lowest BCUT2D eigenvalue weighted by atomic mass is 10.1. The van der Waals surface area contributed by atoms with Gasteiger partial charge in [-0.25, -0.2) is 0 Å². The predicted molar refractivity (Wildman–Crippen MR) is 67.1 cm³/mol. The fourth-order valence-electron chi connectivity index (χ4n) is 2.08. The van der Waals surface area contributed by atoms with Crippen molar-refractivity contribution >= 4 is 15.9 Å². The van der Waals surface area contributed by atoms with Gasteiger partial charge in [-0.1, -0.05) is 15.9 Å². The molecule has 1 fully saturated rings. The molecule has 2 N–H and O–H groups in total. The Morgan fingerprint density at radius 3 is 2.62 bits per heavy atom. The molecule has 0 heterocycles. The van der Waals surface area contributed by atoms with Gasteiger partial charge >= 0.3 is 0 Å². The maximum Gasteiger partial charge on any atom is 0.127 e. The molecule has 0 amide bonds. The zero-order chi connectivity index (χ0) is 11.7. The molecule has 0 bridgehead atoms. The van der Waals surface area contributed by atoms with E-state index >= 15 is 0 Å². The van der Waals surface area contributed by atoms with Gasteiger partial charge in [0.25, 0.3) is 0 Å². The van der Waals surface area contributed by atoms with Crippen LogP contribution in [-0.2, 0) is 0 Å². The minimum absolute atomic E-state index is 0.528. The molecule has 2 atom stereocenters. The van der Waals surface area contributed by atoms with Gasteiger partial charge in [-0.3, -0.25) is 0 Å². The third kappa shape index (κ3) is 2.04. The summed E-state index contributed by atoms with van der Waals surface area (Å²) in [4.78, 5) is 0. The van der Waals surface area contributed by atoms with Crippen LogP contribution in [0, 0.1) is 5.92 Å². The first-order chi connectivity index (χ1) is 7.71. The van der Waals surface area contributed by atoms with Crippen molar-refractivity contribution < 1.29 is 9.47 Å². The van der Waals surface area contributed by atoms with Crippen LogP contribution in [0.5, 0.6) is 11.5 Å². The molecule has 0 saturated heterocycles. The van der Waals surface area contributed by atoms with E-state index in [1.807, 2.05) is 12.1 Å². The number of benzene rings is 1. The second-order valence-electron chi connectivity index (χ2n) is 4.06. The van der Waals surface area contributed by atoms with Crippen molar-refractivity contribution in [1.82, 2.24) is 0 Å². The zero-order valence-electron chi connectivity index (χ0n) is 9.50. The molecule has 1 saturated carbocycles. The van der Waals surface area contributed by atoms with Crippen LogP contribution < -0.4 is 15.2 Å². The zero-order valence-corrected chi connectivity index (χ0v) is 11.1. The second-order valence-corrected chi connectivity index (χ2v) is 4.92. The lowest BCUT2D eigenvalue weighted by molar-refractivity contribution is 0.390. The molecule has 0 aliphatic heterocycles. The number of hydrogen-bond acceptors (Lipinski definition) is 3. The summed E-state index contributed by atoms with van der Waals surface area (Å²) >= 11 is 3.58. The molecule has 88 valence electrons. The summed E-state index contributed by atoms with van der Waals surface area (Å²) in [6, 6.07) is 3.90. The molecule has 16 heavy (non-hydrogen) atoms. The van der Waals surface area contributed by atoms with E-state index in [2.05, 4.69) is 15.9 Å². The second kappa shape index (κ2) is 4.63. The summed E-state index contributed by atoms with van der Waals surface area (Å²) in [5.74, 6) is 2.81. The van der Waals surface area contributed by atoms with Crippen LogP contribution >= 0.6 is 15.9 Å². The van der Waals surface area contributed by atoms with Crippen molar-refractivity contribution in [3.8, 4) is 11.5 Å². The molecule has 1 aromatic carbocycles. The monoisotopic (exact) mass is 285 g/mol. The summed E-state index contributed by atoms with van der Waals surface area (Å²) in [5.41, 5.74) is 6.90. The molecular formula is C12H16BrNO2. The molecule has 4 heteroatoms. The van der Waals surface area contributed by atoms with E-state index in [4.69, 9.17) is 15.2 Å². The third-order valence-corrected chi connectivity index (χ3v) is 3.77. The Morgan fingerprint density at radius 1 is 1.38 bits per heavy atom. The summed E-state index contributed by atoms with van der Waals surface area (Å²) in [7, 11) is 3.34. The van der Waals surface area contributed by atoms with Crippen LogP contribution in [0.3, 0.4) is 0 Å². The van der Waals surface area contributed by atoms with Crippen molar-refractivity contribution in [1.29, 1.82) is 0 Å². The van der Waals surface area contributed by atoms with Gasteiger partial charge in [0.15, 0.2) is 0 Å². The topological polar surface area (TPSA) is 44.5 Å². The van der Waals surface area contributed by atoms with Crippen LogP contribution in [-0.4, -0.2) is 20.8 Å². The smallest absolute Gasteiger partial charge is 0.127 e. The SMILES string of the molecule is COc1cc(Br)c(C2CC2CN)c(OC)c1. The van der Waals surface area contributed by atoms with Crippen molar-refractivity contribution in [2.24, 2.45) is 11.7 Å². The van der Waals surface area contributed by atoms with E-state index in [1.165, 1.54) is 5.56 Å². The van der Waals surface area contributed by atoms with Crippen LogP contribution in [0.25, 0.3) is 0 Å². The number of rotatable bonds is 4. The average Bonchev–Trinajstić information content (AvgIpc) is 3.06. The van der Waals surface area contributed by atoms with Crippen LogP contribution in [0.4, 0.5) is 0 Å². The lowest BCUT2D eigenvalue weighted by Gasteiger charge is -2.12. The predicted octanol–water partition coefficient (Wildman–Crippen LogP) is 2.53. The summed E-state index contributed by atoms with van der Waals surface area (Å²) in [5, 5.41) is 0. The molecule has 2 rings (SSSR count). The van der Waals surface area contributed by atoms with E-state index in [0.717, 1.165) is 28.9 Å². The Balaban J connectivity index is 2.36. The van der Waals surface area contributed by atoms with Crippen LogP contribution in [0.1, 0.15) is 17.9 Å². The largest absolute Gasteiger partial charge is 0.497 e. The molecular weight excluding hydrogens is 270 g/mol. The Morgan fingerprint density at radius 2 is 2.12 bits per heavy atom. The fraction of sp³-hybridized carbons (Fsp3) is 0.500. The van der Waals surface area contributed by atoms with Gasteiger partial charge in [0.05, 0.1) is 14.2 Å². The number of hydrogen-bond donors (Lipinski definition) is 1. The highest BCUT2D eigenvalue weighted by Crippen LogP contribution is 2.53. The average molecular weight is 286 g/mol. The Hall–Kier alpha value is -0.740. The van der Waals surface area contributed by atoms with Gasteiger partial charge in [0.1, 0.15) is 11.5 Å². The first kappa shape index (κ1) is 11.7. The van der Waals surface area contributed by atoms with E-state index in [-0.39, 0.29) is 0 Å². The molecule has 1 aromatic rings. The molecule has 0 radical (unpaired) electrons. The lowest BCUT2D eigenvalue weighted by Crippen LogP contribution is -2.03.